The van der Waals surface area contributed by atoms with Crippen LogP contribution in [-0.2, 0) is 0 Å². The second-order valence-corrected chi connectivity index (χ2v) is 6.11. The minimum absolute atomic E-state index is 0.523. The Bertz CT molecular complexity index is 846. The highest BCUT2D eigenvalue weighted by atomic mass is 79.9. The number of hydrogen-bond donors (Lipinski definition) is 2. The first-order chi connectivity index (χ1) is 11.0. The standard InChI is InChI=1S/C16H16BrN5O/c1-9-6-12(4-5-13(9)17)19-16-18-10(2)7-14(21-16)20-15-8-11(3)23-22-15/h4-8H,1-3H3,(H2,18,19,20,21,22). The average Bonchev–Trinajstić information content (AvgIpc) is 2.87. The Morgan fingerprint density at radius 1 is 0.957 bits per heavy atom. The molecule has 0 aliphatic carbocycles. The van der Waals surface area contributed by atoms with E-state index >= 15 is 0 Å². The van der Waals surface area contributed by atoms with Crippen LogP contribution in [0.3, 0.4) is 0 Å². The molecular weight excluding hydrogens is 358 g/mol. The van der Waals surface area contributed by atoms with E-state index < -0.39 is 0 Å². The van der Waals surface area contributed by atoms with Crippen LogP contribution in [0.2, 0.25) is 0 Å². The van der Waals surface area contributed by atoms with E-state index in [1.54, 1.807) is 0 Å². The van der Waals surface area contributed by atoms with Gasteiger partial charge in [-0.05, 0) is 44.5 Å². The molecule has 0 saturated carbocycles. The summed E-state index contributed by atoms with van der Waals surface area (Å²) in [6.45, 7) is 5.79. The summed E-state index contributed by atoms with van der Waals surface area (Å²) in [5.74, 6) is 2.53. The van der Waals surface area contributed by atoms with Gasteiger partial charge in [0.05, 0.1) is 0 Å². The third-order valence-electron chi connectivity index (χ3n) is 3.15. The quantitative estimate of drug-likeness (QED) is 0.693. The Balaban J connectivity index is 1.83. The molecule has 0 unspecified atom stereocenters. The topological polar surface area (TPSA) is 75.9 Å². The maximum absolute atomic E-state index is 5.04. The fraction of sp³-hybridized carbons (Fsp3) is 0.188. The van der Waals surface area contributed by atoms with Crippen molar-refractivity contribution in [3.8, 4) is 0 Å². The molecule has 3 aromatic rings. The molecule has 0 amide bonds. The van der Waals surface area contributed by atoms with Gasteiger partial charge in [-0.15, -0.1) is 0 Å². The summed E-state index contributed by atoms with van der Waals surface area (Å²) < 4.78 is 6.11. The summed E-state index contributed by atoms with van der Waals surface area (Å²) in [6, 6.07) is 9.65. The van der Waals surface area contributed by atoms with E-state index in [-0.39, 0.29) is 0 Å². The molecule has 0 saturated heterocycles. The van der Waals surface area contributed by atoms with Crippen molar-refractivity contribution in [3.63, 3.8) is 0 Å². The van der Waals surface area contributed by atoms with Gasteiger partial charge in [0.1, 0.15) is 11.6 Å². The number of anilines is 4. The van der Waals surface area contributed by atoms with Crippen LogP contribution in [0.15, 0.2) is 39.3 Å². The molecule has 1 aromatic carbocycles. The fourth-order valence-electron chi connectivity index (χ4n) is 2.10. The number of nitrogens with one attached hydrogen (secondary N) is 2. The molecule has 0 atom stereocenters. The lowest BCUT2D eigenvalue weighted by atomic mass is 10.2. The van der Waals surface area contributed by atoms with Gasteiger partial charge in [0.25, 0.3) is 0 Å². The Hall–Kier alpha value is -2.41. The number of nitrogens with zero attached hydrogens (tertiary/aromatic N) is 3. The third kappa shape index (κ3) is 3.87. The van der Waals surface area contributed by atoms with E-state index in [4.69, 9.17) is 4.52 Å². The van der Waals surface area contributed by atoms with E-state index in [1.807, 2.05) is 51.1 Å². The van der Waals surface area contributed by atoms with Crippen molar-refractivity contribution >= 4 is 39.2 Å². The normalized spacial score (nSPS) is 10.6. The average molecular weight is 374 g/mol. The molecule has 3 rings (SSSR count). The largest absolute Gasteiger partial charge is 0.360 e. The zero-order valence-corrected chi connectivity index (χ0v) is 14.6. The highest BCUT2D eigenvalue weighted by Crippen LogP contribution is 2.23. The van der Waals surface area contributed by atoms with Gasteiger partial charge < -0.3 is 15.2 Å². The molecule has 6 nitrogen and oxygen atoms in total. The molecule has 0 aliphatic rings. The first kappa shape index (κ1) is 15.5. The third-order valence-corrected chi connectivity index (χ3v) is 4.04. The fourth-order valence-corrected chi connectivity index (χ4v) is 2.34. The maximum Gasteiger partial charge on any atom is 0.229 e. The number of rotatable bonds is 4. The smallest absolute Gasteiger partial charge is 0.229 e. The molecule has 118 valence electrons. The summed E-state index contributed by atoms with van der Waals surface area (Å²) >= 11 is 3.49. The highest BCUT2D eigenvalue weighted by Gasteiger charge is 2.06. The molecular formula is C16H16BrN5O. The van der Waals surface area contributed by atoms with Crippen molar-refractivity contribution in [3.05, 3.63) is 51.8 Å². The molecule has 7 heteroatoms. The van der Waals surface area contributed by atoms with Crippen molar-refractivity contribution in [2.24, 2.45) is 0 Å². The number of aromatic nitrogens is 3. The SMILES string of the molecule is Cc1cc(Nc2cc(C)on2)nc(Nc2ccc(Br)c(C)c2)n1. The molecule has 0 spiro atoms. The highest BCUT2D eigenvalue weighted by molar-refractivity contribution is 9.10. The van der Waals surface area contributed by atoms with Crippen molar-refractivity contribution in [1.82, 2.24) is 15.1 Å². The summed E-state index contributed by atoms with van der Waals surface area (Å²) in [5.41, 5.74) is 2.91. The summed E-state index contributed by atoms with van der Waals surface area (Å²) in [4.78, 5) is 8.87. The second kappa shape index (κ2) is 6.37. The molecule has 0 aliphatic heterocycles. The van der Waals surface area contributed by atoms with Crippen molar-refractivity contribution < 1.29 is 4.52 Å². The van der Waals surface area contributed by atoms with E-state index in [9.17, 15) is 0 Å². The monoisotopic (exact) mass is 373 g/mol. The van der Waals surface area contributed by atoms with Gasteiger partial charge in [0.15, 0.2) is 5.82 Å². The van der Waals surface area contributed by atoms with Gasteiger partial charge in [-0.2, -0.15) is 4.98 Å². The van der Waals surface area contributed by atoms with Gasteiger partial charge in [-0.3, -0.25) is 0 Å². The molecule has 0 bridgehead atoms. The van der Waals surface area contributed by atoms with Crippen LogP contribution in [0.4, 0.5) is 23.3 Å². The Morgan fingerprint density at radius 2 is 1.78 bits per heavy atom. The Labute approximate surface area is 142 Å². The van der Waals surface area contributed by atoms with Crippen LogP contribution in [0.5, 0.6) is 0 Å². The summed E-state index contributed by atoms with van der Waals surface area (Å²) in [5, 5.41) is 10.2. The van der Waals surface area contributed by atoms with E-state index in [0.29, 0.717) is 17.6 Å². The molecule has 2 heterocycles. The molecule has 2 N–H and O–H groups in total. The van der Waals surface area contributed by atoms with Gasteiger partial charge in [-0.1, -0.05) is 21.1 Å². The lowest BCUT2D eigenvalue weighted by Gasteiger charge is -2.09. The second-order valence-electron chi connectivity index (χ2n) is 5.25. The summed E-state index contributed by atoms with van der Waals surface area (Å²) in [7, 11) is 0. The lowest BCUT2D eigenvalue weighted by molar-refractivity contribution is 0.400. The first-order valence-electron chi connectivity index (χ1n) is 7.09. The zero-order chi connectivity index (χ0) is 16.4. The van der Waals surface area contributed by atoms with Crippen molar-refractivity contribution in [2.75, 3.05) is 10.6 Å². The van der Waals surface area contributed by atoms with Gasteiger partial charge >= 0.3 is 0 Å². The van der Waals surface area contributed by atoms with Crippen molar-refractivity contribution in [2.45, 2.75) is 20.8 Å². The van der Waals surface area contributed by atoms with E-state index in [0.717, 1.165) is 27.2 Å². The number of hydrogen-bond acceptors (Lipinski definition) is 6. The minimum atomic E-state index is 0.523. The molecule has 0 fully saturated rings. The van der Waals surface area contributed by atoms with Crippen LogP contribution in [-0.4, -0.2) is 15.1 Å². The predicted octanol–water partition coefficient (Wildman–Crippen LogP) is 4.64. The van der Waals surface area contributed by atoms with E-state index in [2.05, 4.69) is 41.7 Å². The number of benzene rings is 1. The van der Waals surface area contributed by atoms with Crippen molar-refractivity contribution in [1.29, 1.82) is 0 Å². The zero-order valence-electron chi connectivity index (χ0n) is 13.0. The number of halogens is 1. The van der Waals surface area contributed by atoms with Crippen LogP contribution in [0.1, 0.15) is 17.0 Å². The first-order valence-corrected chi connectivity index (χ1v) is 7.88. The van der Waals surface area contributed by atoms with Gasteiger partial charge in [0, 0.05) is 28.0 Å². The summed E-state index contributed by atoms with van der Waals surface area (Å²) in [6.07, 6.45) is 0. The van der Waals surface area contributed by atoms with Crippen LogP contribution < -0.4 is 10.6 Å². The molecule has 23 heavy (non-hydrogen) atoms. The van der Waals surface area contributed by atoms with Crippen LogP contribution >= 0.6 is 15.9 Å². The Kier molecular flexibility index (Phi) is 4.29. The van der Waals surface area contributed by atoms with Crippen LogP contribution in [0, 0.1) is 20.8 Å². The minimum Gasteiger partial charge on any atom is -0.360 e. The maximum atomic E-state index is 5.04. The van der Waals surface area contributed by atoms with Gasteiger partial charge in [-0.25, -0.2) is 4.98 Å². The van der Waals surface area contributed by atoms with Crippen LogP contribution in [0.25, 0.3) is 0 Å². The Morgan fingerprint density at radius 3 is 2.48 bits per heavy atom. The van der Waals surface area contributed by atoms with Gasteiger partial charge in [0.2, 0.25) is 5.95 Å². The van der Waals surface area contributed by atoms with E-state index in [1.165, 1.54) is 0 Å². The molecule has 0 radical (unpaired) electrons. The molecule has 2 aromatic heterocycles. The predicted molar refractivity (Wildman–Crippen MR) is 93.5 cm³/mol. The number of aryl methyl sites for hydroxylation is 3. The lowest BCUT2D eigenvalue weighted by Crippen LogP contribution is -2.02.